The van der Waals surface area contributed by atoms with Crippen LogP contribution in [0.5, 0.6) is 0 Å². The zero-order chi connectivity index (χ0) is 21.1. The molecule has 32 heavy (non-hydrogen) atoms. The van der Waals surface area contributed by atoms with Gasteiger partial charge in [0.2, 0.25) is 0 Å². The minimum Gasteiger partial charge on any atom is -0.0720 e. The van der Waals surface area contributed by atoms with E-state index in [4.69, 9.17) is 0 Å². The maximum atomic E-state index is 3.56. The molecule has 1 atom stereocenters. The fourth-order valence-electron chi connectivity index (χ4n) is 5.48. The van der Waals surface area contributed by atoms with Crippen LogP contribution in [0.25, 0.3) is 39.3 Å². The minimum atomic E-state index is 0.225. The molecule has 0 nitrogen and oxygen atoms in total. The molecule has 0 heterocycles. The van der Waals surface area contributed by atoms with Gasteiger partial charge in [0.15, 0.2) is 0 Å². The lowest BCUT2D eigenvalue weighted by molar-refractivity contribution is 1.03. The van der Waals surface area contributed by atoms with Gasteiger partial charge in [-0.1, -0.05) is 103 Å². The zero-order valence-electron chi connectivity index (χ0n) is 17.6. The highest BCUT2D eigenvalue weighted by Gasteiger charge is 2.21. The summed E-state index contributed by atoms with van der Waals surface area (Å²) in [5.74, 6) is 0.225. The molecular weight excluding hydrogens is 384 g/mol. The second kappa shape index (κ2) is 6.80. The van der Waals surface area contributed by atoms with Crippen LogP contribution in [0.1, 0.15) is 39.3 Å². The van der Waals surface area contributed by atoms with Crippen molar-refractivity contribution in [2.45, 2.75) is 12.3 Å². The van der Waals surface area contributed by atoms with Gasteiger partial charge in [-0.2, -0.15) is 0 Å². The van der Waals surface area contributed by atoms with Gasteiger partial charge in [0.25, 0.3) is 0 Å². The average Bonchev–Trinajstić information content (AvgIpc) is 2.85. The summed E-state index contributed by atoms with van der Waals surface area (Å²) in [6.45, 7) is 0. The Bertz CT molecular complexity index is 1590. The Morgan fingerprint density at radius 1 is 0.750 bits per heavy atom. The molecule has 5 aromatic rings. The van der Waals surface area contributed by atoms with Crippen LogP contribution in [0.2, 0.25) is 0 Å². The van der Waals surface area contributed by atoms with Gasteiger partial charge in [-0.3, -0.25) is 0 Å². The first-order valence-electron chi connectivity index (χ1n) is 11.2. The van der Waals surface area contributed by atoms with Crippen LogP contribution in [-0.2, 0) is 6.42 Å². The number of rotatable bonds is 2. The fourth-order valence-corrected chi connectivity index (χ4v) is 5.48. The van der Waals surface area contributed by atoms with Crippen molar-refractivity contribution in [1.82, 2.24) is 0 Å². The number of hydrogen-bond donors (Lipinski definition) is 0. The molecule has 0 heteroatoms. The van der Waals surface area contributed by atoms with Crippen LogP contribution < -0.4 is 0 Å². The van der Waals surface area contributed by atoms with Crippen LogP contribution in [0.4, 0.5) is 0 Å². The first kappa shape index (κ1) is 17.7. The van der Waals surface area contributed by atoms with Gasteiger partial charge in [0, 0.05) is 5.92 Å². The molecule has 0 aromatic heterocycles. The predicted octanol–water partition coefficient (Wildman–Crippen LogP) is 7.85. The summed E-state index contributed by atoms with van der Waals surface area (Å²) >= 11 is 0. The summed E-state index contributed by atoms with van der Waals surface area (Å²) in [4.78, 5) is 0. The monoisotopic (exact) mass is 404 g/mol. The molecule has 0 bridgehead atoms. The summed E-state index contributed by atoms with van der Waals surface area (Å²) in [5, 5.41) is 5.18. The molecule has 0 N–H and O–H groups in total. The molecule has 0 saturated heterocycles. The lowest BCUT2D eigenvalue weighted by Gasteiger charge is -2.23. The minimum absolute atomic E-state index is 0.225. The molecule has 0 aliphatic heterocycles. The number of hydrogen-bond acceptors (Lipinski definition) is 0. The van der Waals surface area contributed by atoms with Gasteiger partial charge >= 0.3 is 0 Å². The van der Waals surface area contributed by atoms with E-state index in [0.717, 1.165) is 6.42 Å². The number of benzene rings is 5. The van der Waals surface area contributed by atoms with Crippen molar-refractivity contribution in [2.24, 2.45) is 0 Å². The third kappa shape index (κ3) is 2.63. The molecule has 5 aromatic carbocycles. The van der Waals surface area contributed by atoms with Crippen molar-refractivity contribution < 1.29 is 0 Å². The summed E-state index contributed by atoms with van der Waals surface area (Å²) in [5.41, 5.74) is 9.26. The molecule has 0 amide bonds. The van der Waals surface area contributed by atoms with E-state index in [2.05, 4.69) is 109 Å². The lowest BCUT2D eigenvalue weighted by atomic mass is 9.81. The number of allylic oxidation sites excluding steroid dienone is 2. The Balaban J connectivity index is 1.34. The highest BCUT2D eigenvalue weighted by Crippen LogP contribution is 2.40. The Labute approximate surface area is 188 Å². The van der Waals surface area contributed by atoms with Crippen LogP contribution in [-0.4, -0.2) is 0 Å². The standard InChI is InChI=1S/C32H20/c1-8-22-10-5-15-30-29(17-16-23(9-1)32(22)30)25-12-4-11-24(18-25)28-19-26-13-2-6-21-7-3-14-27(20-28)31(21)26/h1-6,8-14,16-18,20,29H,19H2. The van der Waals surface area contributed by atoms with Crippen LogP contribution in [0.3, 0.4) is 0 Å². The zero-order valence-corrected chi connectivity index (χ0v) is 17.6. The van der Waals surface area contributed by atoms with Crippen molar-refractivity contribution in [3.05, 3.63) is 137 Å². The quantitative estimate of drug-likeness (QED) is 0.281. The van der Waals surface area contributed by atoms with Crippen molar-refractivity contribution in [3.8, 4) is 0 Å². The molecule has 148 valence electrons. The van der Waals surface area contributed by atoms with E-state index in [1.54, 1.807) is 0 Å². The third-order valence-corrected chi connectivity index (χ3v) is 6.95. The van der Waals surface area contributed by atoms with Gasteiger partial charge in [0.05, 0.1) is 0 Å². The van der Waals surface area contributed by atoms with E-state index in [9.17, 15) is 0 Å². The third-order valence-electron chi connectivity index (χ3n) is 6.95. The Morgan fingerprint density at radius 3 is 2.66 bits per heavy atom. The van der Waals surface area contributed by atoms with E-state index >= 15 is 0 Å². The molecule has 0 saturated carbocycles. The molecule has 2 aliphatic rings. The molecule has 0 spiro atoms. The van der Waals surface area contributed by atoms with Crippen LogP contribution in [0.15, 0.2) is 91.0 Å². The fraction of sp³-hybridized carbons (Fsp3) is 0.0625. The van der Waals surface area contributed by atoms with Crippen molar-refractivity contribution >= 4 is 39.3 Å². The molecule has 0 fully saturated rings. The van der Waals surface area contributed by atoms with E-state index < -0.39 is 0 Å². The summed E-state index contributed by atoms with van der Waals surface area (Å²) < 4.78 is 0. The van der Waals surface area contributed by atoms with Gasteiger partial charge in [-0.25, -0.2) is 0 Å². The van der Waals surface area contributed by atoms with E-state index in [-0.39, 0.29) is 5.92 Å². The van der Waals surface area contributed by atoms with Crippen molar-refractivity contribution in [3.63, 3.8) is 0 Å². The van der Waals surface area contributed by atoms with Gasteiger partial charge in [-0.05, 0) is 79.1 Å². The van der Waals surface area contributed by atoms with Crippen LogP contribution in [0, 0.1) is 12.1 Å². The average molecular weight is 405 g/mol. The highest BCUT2D eigenvalue weighted by molar-refractivity contribution is 6.02. The van der Waals surface area contributed by atoms with Gasteiger partial charge in [0.1, 0.15) is 0 Å². The molecule has 2 aliphatic carbocycles. The van der Waals surface area contributed by atoms with Gasteiger partial charge in [-0.15, -0.1) is 0 Å². The largest absolute Gasteiger partial charge is 0.0720 e. The predicted molar refractivity (Wildman–Crippen MR) is 134 cm³/mol. The second-order valence-electron chi connectivity index (χ2n) is 8.78. The van der Waals surface area contributed by atoms with Crippen molar-refractivity contribution in [1.29, 1.82) is 0 Å². The Morgan fingerprint density at radius 2 is 1.66 bits per heavy atom. The molecule has 2 radical (unpaired) electrons. The van der Waals surface area contributed by atoms with Crippen molar-refractivity contribution in [2.75, 3.05) is 0 Å². The molecule has 7 rings (SSSR count). The molecular formula is C32H20. The maximum absolute atomic E-state index is 3.56. The van der Waals surface area contributed by atoms with Crippen LogP contribution >= 0.6 is 0 Å². The van der Waals surface area contributed by atoms with E-state index in [0.29, 0.717) is 0 Å². The summed E-state index contributed by atoms with van der Waals surface area (Å²) in [6, 6.07) is 37.6. The highest BCUT2D eigenvalue weighted by atomic mass is 14.2. The molecule has 1 unspecified atom stereocenters. The second-order valence-corrected chi connectivity index (χ2v) is 8.78. The van der Waals surface area contributed by atoms with E-state index in [1.807, 2.05) is 6.07 Å². The topological polar surface area (TPSA) is 0 Å². The summed E-state index contributed by atoms with van der Waals surface area (Å²) in [6.07, 6.45) is 7.92. The first-order valence-corrected chi connectivity index (χ1v) is 11.2. The Hall–Kier alpha value is -3.90. The smallest absolute Gasteiger partial charge is 0.0285 e. The SMILES string of the molecule is [c]1ccc2cccc3c2c1C(c1cccc(C2=Cc4cc[c]c5cccc(c45)C2)c1)C=C3. The summed E-state index contributed by atoms with van der Waals surface area (Å²) in [7, 11) is 0. The van der Waals surface area contributed by atoms with Gasteiger partial charge < -0.3 is 0 Å². The Kier molecular flexibility index (Phi) is 3.77. The normalized spacial score (nSPS) is 16.4. The van der Waals surface area contributed by atoms with E-state index in [1.165, 1.54) is 60.5 Å². The lowest BCUT2D eigenvalue weighted by Crippen LogP contribution is -2.05. The maximum Gasteiger partial charge on any atom is 0.0285 e. The first-order chi connectivity index (χ1) is 15.8.